The summed E-state index contributed by atoms with van der Waals surface area (Å²) in [5.41, 5.74) is 0. The Bertz CT molecular complexity index is 289. The highest BCUT2D eigenvalue weighted by molar-refractivity contribution is 9.10. The third kappa shape index (κ3) is 2.28. The van der Waals surface area contributed by atoms with Crippen molar-refractivity contribution in [2.45, 2.75) is 12.8 Å². The summed E-state index contributed by atoms with van der Waals surface area (Å²) in [6, 6.07) is 0. The molecule has 1 fully saturated rings. The minimum absolute atomic E-state index is 0.480. The molecule has 1 aromatic heterocycles. The van der Waals surface area contributed by atoms with Gasteiger partial charge in [0.15, 0.2) is 5.82 Å². The molecule has 0 N–H and O–H groups in total. The molecule has 0 bridgehead atoms. The molecule has 4 nitrogen and oxygen atoms in total. The van der Waals surface area contributed by atoms with E-state index in [9.17, 15) is 0 Å². The first-order valence-corrected chi connectivity index (χ1v) is 5.20. The molecule has 0 spiro atoms. The molecule has 1 unspecified atom stereocenters. The highest BCUT2D eigenvalue weighted by Crippen LogP contribution is 2.18. The molecule has 0 aromatic carbocycles. The fourth-order valence-corrected chi connectivity index (χ4v) is 2.04. The maximum atomic E-state index is 4.84. The molecule has 13 heavy (non-hydrogen) atoms. The Kier molecular flexibility index (Phi) is 2.64. The van der Waals surface area contributed by atoms with E-state index < -0.39 is 0 Å². The first-order chi connectivity index (χ1) is 6.24. The van der Waals surface area contributed by atoms with E-state index >= 15 is 0 Å². The number of likely N-dealkylation sites (tertiary alicyclic amines) is 1. The zero-order valence-corrected chi connectivity index (χ0v) is 9.12. The fourth-order valence-electron chi connectivity index (χ4n) is 1.77. The molecule has 1 saturated heterocycles. The Balaban J connectivity index is 1.91. The second-order valence-electron chi connectivity index (χ2n) is 3.58. The number of hydrogen-bond acceptors (Lipinski definition) is 4. The van der Waals surface area contributed by atoms with Gasteiger partial charge in [0.1, 0.15) is 0 Å². The normalized spacial score (nSPS) is 24.0. The first kappa shape index (κ1) is 9.15. The monoisotopic (exact) mass is 245 g/mol. The Labute approximate surface area is 85.4 Å². The molecule has 0 amide bonds. The van der Waals surface area contributed by atoms with Crippen molar-refractivity contribution in [2.24, 2.45) is 5.92 Å². The van der Waals surface area contributed by atoms with Gasteiger partial charge in [-0.2, -0.15) is 4.98 Å². The summed E-state index contributed by atoms with van der Waals surface area (Å²) in [5.74, 6) is 1.50. The molecule has 72 valence electrons. The van der Waals surface area contributed by atoms with E-state index in [4.69, 9.17) is 4.52 Å². The van der Waals surface area contributed by atoms with Crippen molar-refractivity contribution in [3.63, 3.8) is 0 Å². The van der Waals surface area contributed by atoms with Crippen molar-refractivity contribution in [1.82, 2.24) is 15.0 Å². The lowest BCUT2D eigenvalue weighted by atomic mass is 10.1. The van der Waals surface area contributed by atoms with Crippen molar-refractivity contribution >= 4 is 15.9 Å². The lowest BCUT2D eigenvalue weighted by Gasteiger charge is -2.06. The van der Waals surface area contributed by atoms with Crippen LogP contribution in [0.4, 0.5) is 0 Å². The van der Waals surface area contributed by atoms with Gasteiger partial charge in [-0.25, -0.2) is 0 Å². The molecular formula is C8H12BrN3O. The van der Waals surface area contributed by atoms with Crippen molar-refractivity contribution in [1.29, 1.82) is 0 Å². The Morgan fingerprint density at radius 2 is 2.54 bits per heavy atom. The number of halogens is 1. The molecule has 0 radical (unpaired) electrons. The highest BCUT2D eigenvalue weighted by atomic mass is 79.9. The quantitative estimate of drug-likeness (QED) is 0.789. The van der Waals surface area contributed by atoms with Crippen LogP contribution in [-0.2, 0) is 6.42 Å². The Morgan fingerprint density at radius 3 is 3.08 bits per heavy atom. The second-order valence-corrected chi connectivity index (χ2v) is 4.26. The van der Waals surface area contributed by atoms with Crippen LogP contribution in [0, 0.1) is 5.92 Å². The Morgan fingerprint density at radius 1 is 1.69 bits per heavy atom. The molecule has 1 aromatic rings. The van der Waals surface area contributed by atoms with Crippen LogP contribution in [0.15, 0.2) is 9.32 Å². The third-order valence-electron chi connectivity index (χ3n) is 2.40. The minimum atomic E-state index is 0.480. The summed E-state index contributed by atoms with van der Waals surface area (Å²) < 4.78 is 4.84. The van der Waals surface area contributed by atoms with E-state index in [-0.39, 0.29) is 0 Å². The average molecular weight is 246 g/mol. The van der Waals surface area contributed by atoms with E-state index in [1.165, 1.54) is 13.0 Å². The van der Waals surface area contributed by atoms with Crippen LogP contribution in [0.2, 0.25) is 0 Å². The summed E-state index contributed by atoms with van der Waals surface area (Å²) in [5, 5.41) is 3.85. The van der Waals surface area contributed by atoms with Crippen molar-refractivity contribution in [3.05, 3.63) is 10.6 Å². The number of aromatic nitrogens is 2. The zero-order valence-electron chi connectivity index (χ0n) is 7.53. The molecule has 2 heterocycles. The van der Waals surface area contributed by atoms with Gasteiger partial charge in [-0.1, -0.05) is 5.16 Å². The number of hydrogen-bond donors (Lipinski definition) is 0. The average Bonchev–Trinajstić information content (AvgIpc) is 2.62. The molecule has 0 aliphatic carbocycles. The summed E-state index contributed by atoms with van der Waals surface area (Å²) in [6.45, 7) is 2.33. The van der Waals surface area contributed by atoms with Crippen molar-refractivity contribution in [2.75, 3.05) is 20.1 Å². The van der Waals surface area contributed by atoms with E-state index in [0.717, 1.165) is 18.8 Å². The predicted molar refractivity (Wildman–Crippen MR) is 51.3 cm³/mol. The SMILES string of the molecule is CN1CCC(Cc2noc(Br)n2)C1. The molecule has 2 rings (SSSR count). The van der Waals surface area contributed by atoms with Crippen LogP contribution >= 0.6 is 15.9 Å². The van der Waals surface area contributed by atoms with E-state index in [1.54, 1.807) is 0 Å². The van der Waals surface area contributed by atoms with Crippen LogP contribution in [-0.4, -0.2) is 35.2 Å². The lowest BCUT2D eigenvalue weighted by Crippen LogP contribution is -2.15. The smallest absolute Gasteiger partial charge is 0.293 e. The maximum Gasteiger partial charge on any atom is 0.293 e. The van der Waals surface area contributed by atoms with Gasteiger partial charge in [0.2, 0.25) is 0 Å². The van der Waals surface area contributed by atoms with Gasteiger partial charge in [-0.05, 0) is 25.9 Å². The van der Waals surface area contributed by atoms with Crippen LogP contribution in [0.1, 0.15) is 12.2 Å². The maximum absolute atomic E-state index is 4.84. The van der Waals surface area contributed by atoms with E-state index in [1.807, 2.05) is 0 Å². The molecule has 1 aliphatic rings. The van der Waals surface area contributed by atoms with Gasteiger partial charge >= 0.3 is 0 Å². The zero-order chi connectivity index (χ0) is 9.26. The molecular weight excluding hydrogens is 234 g/mol. The van der Waals surface area contributed by atoms with Gasteiger partial charge in [0.25, 0.3) is 4.80 Å². The molecule has 1 aliphatic heterocycles. The lowest BCUT2D eigenvalue weighted by molar-refractivity contribution is 0.376. The van der Waals surface area contributed by atoms with Crippen LogP contribution in [0.5, 0.6) is 0 Å². The summed E-state index contributed by atoms with van der Waals surface area (Å²) in [6.07, 6.45) is 2.17. The van der Waals surface area contributed by atoms with Gasteiger partial charge in [-0.3, -0.25) is 0 Å². The molecule has 5 heteroatoms. The third-order valence-corrected chi connectivity index (χ3v) is 2.73. The predicted octanol–water partition coefficient (Wildman–Crippen LogP) is 1.33. The van der Waals surface area contributed by atoms with Crippen LogP contribution in [0.3, 0.4) is 0 Å². The standard InChI is InChI=1S/C8H12BrN3O/c1-12-3-2-6(5-12)4-7-10-8(9)13-11-7/h6H,2-5H2,1H3. The topological polar surface area (TPSA) is 42.2 Å². The van der Waals surface area contributed by atoms with E-state index in [0.29, 0.717) is 10.7 Å². The highest BCUT2D eigenvalue weighted by Gasteiger charge is 2.21. The summed E-state index contributed by atoms with van der Waals surface area (Å²) in [7, 11) is 2.14. The molecule has 0 saturated carbocycles. The van der Waals surface area contributed by atoms with Crippen molar-refractivity contribution in [3.8, 4) is 0 Å². The minimum Gasteiger partial charge on any atom is -0.327 e. The van der Waals surface area contributed by atoms with Gasteiger partial charge in [0.05, 0.1) is 0 Å². The van der Waals surface area contributed by atoms with Crippen LogP contribution < -0.4 is 0 Å². The Hall–Kier alpha value is -0.420. The second kappa shape index (κ2) is 3.75. The molecule has 1 atom stereocenters. The van der Waals surface area contributed by atoms with Crippen molar-refractivity contribution < 1.29 is 4.52 Å². The number of rotatable bonds is 2. The van der Waals surface area contributed by atoms with Crippen LogP contribution in [0.25, 0.3) is 0 Å². The van der Waals surface area contributed by atoms with E-state index in [2.05, 4.69) is 38.0 Å². The largest absolute Gasteiger partial charge is 0.327 e. The van der Waals surface area contributed by atoms with Gasteiger partial charge < -0.3 is 9.42 Å². The summed E-state index contributed by atoms with van der Waals surface area (Å²) in [4.78, 5) is 6.93. The first-order valence-electron chi connectivity index (χ1n) is 4.40. The fraction of sp³-hybridized carbons (Fsp3) is 0.750. The van der Waals surface area contributed by atoms with Gasteiger partial charge in [0, 0.05) is 28.9 Å². The number of nitrogens with zero attached hydrogens (tertiary/aromatic N) is 3. The van der Waals surface area contributed by atoms with Gasteiger partial charge in [-0.15, -0.1) is 0 Å². The summed E-state index contributed by atoms with van der Waals surface area (Å²) >= 11 is 3.14.